The van der Waals surface area contributed by atoms with Crippen LogP contribution in [0.15, 0.2) is 4.42 Å². The van der Waals surface area contributed by atoms with Gasteiger partial charge >= 0.3 is 0 Å². The molecule has 0 spiro atoms. The third-order valence-corrected chi connectivity index (χ3v) is 1.85. The van der Waals surface area contributed by atoms with Gasteiger partial charge in [-0.25, -0.2) is 4.98 Å². The topological polar surface area (TPSA) is 29.3 Å². The first-order valence-electron chi connectivity index (χ1n) is 4.61. The summed E-state index contributed by atoms with van der Waals surface area (Å²) in [4.78, 5) is 6.41. The van der Waals surface area contributed by atoms with E-state index in [1.54, 1.807) is 0 Å². The summed E-state index contributed by atoms with van der Waals surface area (Å²) in [6.45, 7) is 7.01. The second kappa shape index (κ2) is 3.92. The fourth-order valence-electron chi connectivity index (χ4n) is 1.34. The van der Waals surface area contributed by atoms with Gasteiger partial charge in [0, 0.05) is 5.92 Å². The third kappa shape index (κ3) is 2.56. The van der Waals surface area contributed by atoms with Crippen LogP contribution in [0.5, 0.6) is 0 Å². The molecule has 0 saturated heterocycles. The zero-order chi connectivity index (χ0) is 10.0. The molecular formula is C10H18N2O. The van der Waals surface area contributed by atoms with Crippen molar-refractivity contribution in [2.45, 2.75) is 33.2 Å². The van der Waals surface area contributed by atoms with Crippen LogP contribution in [0.3, 0.4) is 0 Å². The average Bonchev–Trinajstić information content (AvgIpc) is 2.29. The Hall–Kier alpha value is -0.830. The molecule has 0 fully saturated rings. The predicted octanol–water partition coefficient (Wildman–Crippen LogP) is 2.17. The first-order chi connectivity index (χ1) is 6.00. The van der Waals surface area contributed by atoms with Gasteiger partial charge in [-0.2, -0.15) is 0 Å². The van der Waals surface area contributed by atoms with Gasteiger partial charge < -0.3 is 9.32 Å². The maximum atomic E-state index is 5.63. The molecule has 74 valence electrons. The number of oxazole rings is 1. The minimum Gasteiger partial charge on any atom is -0.444 e. The van der Waals surface area contributed by atoms with E-state index in [2.05, 4.69) is 23.7 Å². The van der Waals surface area contributed by atoms with Crippen molar-refractivity contribution in [1.29, 1.82) is 0 Å². The van der Waals surface area contributed by atoms with Gasteiger partial charge in [0.05, 0.1) is 12.2 Å². The van der Waals surface area contributed by atoms with Gasteiger partial charge in [0.2, 0.25) is 5.89 Å². The summed E-state index contributed by atoms with van der Waals surface area (Å²) in [5.41, 5.74) is 1.02. The summed E-state index contributed by atoms with van der Waals surface area (Å²) in [5, 5.41) is 0. The minimum absolute atomic E-state index is 0.420. The van der Waals surface area contributed by atoms with Crippen LogP contribution in [-0.2, 0) is 6.54 Å². The van der Waals surface area contributed by atoms with Crippen LogP contribution in [0, 0.1) is 6.92 Å². The van der Waals surface area contributed by atoms with Gasteiger partial charge in [0.1, 0.15) is 5.76 Å². The number of aromatic nitrogens is 1. The van der Waals surface area contributed by atoms with Crippen LogP contribution in [-0.4, -0.2) is 24.0 Å². The van der Waals surface area contributed by atoms with Crippen LogP contribution in [0.2, 0.25) is 0 Å². The van der Waals surface area contributed by atoms with Crippen LogP contribution in [0.4, 0.5) is 0 Å². The Bertz CT molecular complexity index is 276. The fraction of sp³-hybridized carbons (Fsp3) is 0.700. The lowest BCUT2D eigenvalue weighted by molar-refractivity contribution is 0.329. The highest BCUT2D eigenvalue weighted by Gasteiger charge is 2.12. The molecule has 0 aromatic carbocycles. The zero-order valence-corrected chi connectivity index (χ0v) is 9.09. The summed E-state index contributed by atoms with van der Waals surface area (Å²) in [5.74, 6) is 2.24. The van der Waals surface area contributed by atoms with Crippen molar-refractivity contribution >= 4 is 0 Å². The third-order valence-electron chi connectivity index (χ3n) is 1.85. The molecule has 1 heterocycles. The molecule has 1 aromatic rings. The molecule has 3 nitrogen and oxygen atoms in total. The van der Waals surface area contributed by atoms with E-state index >= 15 is 0 Å². The van der Waals surface area contributed by atoms with E-state index in [0.717, 1.165) is 23.9 Å². The van der Waals surface area contributed by atoms with Crippen molar-refractivity contribution in [3.8, 4) is 0 Å². The zero-order valence-electron chi connectivity index (χ0n) is 9.09. The molecule has 1 aromatic heterocycles. The van der Waals surface area contributed by atoms with Gasteiger partial charge in [-0.15, -0.1) is 0 Å². The summed E-state index contributed by atoms with van der Waals surface area (Å²) in [6.07, 6.45) is 0. The molecule has 0 N–H and O–H groups in total. The van der Waals surface area contributed by atoms with Gasteiger partial charge in [0.15, 0.2) is 0 Å². The normalized spacial score (nSPS) is 11.6. The van der Waals surface area contributed by atoms with Crippen molar-refractivity contribution in [3.63, 3.8) is 0 Å². The molecule has 0 aliphatic heterocycles. The number of nitrogens with zero attached hydrogens (tertiary/aromatic N) is 2. The van der Waals surface area contributed by atoms with Gasteiger partial charge in [-0.1, -0.05) is 13.8 Å². The number of hydrogen-bond donors (Lipinski definition) is 0. The Balaban J connectivity index is 2.82. The Kier molecular flexibility index (Phi) is 3.09. The largest absolute Gasteiger partial charge is 0.444 e. The molecular weight excluding hydrogens is 164 g/mol. The summed E-state index contributed by atoms with van der Waals surface area (Å²) in [6, 6.07) is 0. The van der Waals surface area contributed by atoms with Crippen molar-refractivity contribution in [2.24, 2.45) is 0 Å². The molecule has 0 amide bonds. The summed E-state index contributed by atoms with van der Waals surface area (Å²) < 4.78 is 5.63. The highest BCUT2D eigenvalue weighted by atomic mass is 16.4. The second-order valence-corrected chi connectivity index (χ2v) is 3.95. The molecule has 13 heavy (non-hydrogen) atoms. The Labute approximate surface area is 79.8 Å². The standard InChI is InChI=1S/C10H18N2O/c1-7(2)10-8(3)11-9(13-10)6-12(4)5/h7H,6H2,1-5H3. The van der Waals surface area contributed by atoms with Gasteiger partial charge in [-0.05, 0) is 21.0 Å². The van der Waals surface area contributed by atoms with Gasteiger partial charge in [0.25, 0.3) is 0 Å². The lowest BCUT2D eigenvalue weighted by atomic mass is 10.1. The molecule has 0 unspecified atom stereocenters. The Morgan fingerprint density at radius 3 is 2.38 bits per heavy atom. The SMILES string of the molecule is Cc1nc(CN(C)C)oc1C(C)C. The van der Waals surface area contributed by atoms with Crippen LogP contribution >= 0.6 is 0 Å². The van der Waals surface area contributed by atoms with Crippen molar-refractivity contribution < 1.29 is 4.42 Å². The van der Waals surface area contributed by atoms with E-state index in [9.17, 15) is 0 Å². The first kappa shape index (κ1) is 10.3. The van der Waals surface area contributed by atoms with E-state index in [-0.39, 0.29) is 0 Å². The number of rotatable bonds is 3. The van der Waals surface area contributed by atoms with E-state index in [4.69, 9.17) is 4.42 Å². The monoisotopic (exact) mass is 182 g/mol. The van der Waals surface area contributed by atoms with Crippen molar-refractivity contribution in [3.05, 3.63) is 17.3 Å². The molecule has 0 radical (unpaired) electrons. The average molecular weight is 182 g/mol. The Morgan fingerprint density at radius 2 is 2.00 bits per heavy atom. The molecule has 1 rings (SSSR count). The molecule has 0 bridgehead atoms. The highest BCUT2D eigenvalue weighted by molar-refractivity contribution is 5.11. The predicted molar refractivity (Wildman–Crippen MR) is 52.7 cm³/mol. The molecule has 0 aliphatic rings. The van der Waals surface area contributed by atoms with Crippen molar-refractivity contribution in [1.82, 2.24) is 9.88 Å². The maximum absolute atomic E-state index is 5.63. The quantitative estimate of drug-likeness (QED) is 0.717. The molecule has 0 atom stereocenters. The number of hydrogen-bond acceptors (Lipinski definition) is 3. The van der Waals surface area contributed by atoms with E-state index in [1.165, 1.54) is 0 Å². The molecule has 0 aliphatic carbocycles. The Morgan fingerprint density at radius 1 is 1.38 bits per heavy atom. The first-order valence-corrected chi connectivity index (χ1v) is 4.61. The lowest BCUT2D eigenvalue weighted by Crippen LogP contribution is -2.10. The summed E-state index contributed by atoms with van der Waals surface area (Å²) >= 11 is 0. The van der Waals surface area contributed by atoms with Crippen LogP contribution < -0.4 is 0 Å². The van der Waals surface area contributed by atoms with E-state index in [1.807, 2.05) is 21.0 Å². The molecule has 3 heteroatoms. The van der Waals surface area contributed by atoms with Crippen LogP contribution in [0.1, 0.15) is 37.1 Å². The highest BCUT2D eigenvalue weighted by Crippen LogP contribution is 2.20. The fourth-order valence-corrected chi connectivity index (χ4v) is 1.34. The maximum Gasteiger partial charge on any atom is 0.208 e. The molecule has 0 saturated carbocycles. The minimum atomic E-state index is 0.420. The van der Waals surface area contributed by atoms with Crippen LogP contribution in [0.25, 0.3) is 0 Å². The smallest absolute Gasteiger partial charge is 0.208 e. The van der Waals surface area contributed by atoms with Crippen molar-refractivity contribution in [2.75, 3.05) is 14.1 Å². The van der Waals surface area contributed by atoms with E-state index in [0.29, 0.717) is 5.92 Å². The number of aryl methyl sites for hydroxylation is 1. The second-order valence-electron chi connectivity index (χ2n) is 3.95. The summed E-state index contributed by atoms with van der Waals surface area (Å²) in [7, 11) is 4.02. The van der Waals surface area contributed by atoms with E-state index < -0.39 is 0 Å². The lowest BCUT2D eigenvalue weighted by Gasteiger charge is -2.04. The van der Waals surface area contributed by atoms with Gasteiger partial charge in [-0.3, -0.25) is 0 Å².